The van der Waals surface area contributed by atoms with Crippen molar-refractivity contribution in [2.24, 2.45) is 0 Å². The molecule has 0 saturated carbocycles. The van der Waals surface area contributed by atoms with Crippen LogP contribution in [0.2, 0.25) is 0 Å². The topological polar surface area (TPSA) is 15.8 Å². The first-order chi connectivity index (χ1) is 4.33. The van der Waals surface area contributed by atoms with Crippen molar-refractivity contribution in [3.8, 4) is 0 Å². The second-order valence-corrected chi connectivity index (χ2v) is 3.12. The molecular weight excluding hydrogens is 170 g/mol. The fourth-order valence-electron chi connectivity index (χ4n) is 0.453. The highest BCUT2D eigenvalue weighted by molar-refractivity contribution is 8.68. The van der Waals surface area contributed by atoms with E-state index >= 15 is 0 Å². The zero-order valence-electron chi connectivity index (χ0n) is 4.50. The second-order valence-electron chi connectivity index (χ2n) is 1.48. The summed E-state index contributed by atoms with van der Waals surface area (Å²) in [5, 5.41) is 0. The Kier molecular flexibility index (Phi) is 2.63. The first kappa shape index (κ1) is 7.18. The van der Waals surface area contributed by atoms with Crippen LogP contribution in [-0.2, 0) is 0 Å². The van der Waals surface area contributed by atoms with Gasteiger partial charge in [-0.15, -0.1) is 11.7 Å². The van der Waals surface area contributed by atoms with E-state index in [0.717, 1.165) is 9.54 Å². The summed E-state index contributed by atoms with van der Waals surface area (Å²) in [5.41, 5.74) is 0. The highest BCUT2D eigenvalue weighted by Crippen LogP contribution is 2.18. The van der Waals surface area contributed by atoms with E-state index in [1.807, 2.05) is 18.3 Å². The molecule has 1 aromatic rings. The lowest BCUT2D eigenvalue weighted by molar-refractivity contribution is 1.22. The van der Waals surface area contributed by atoms with E-state index in [1.165, 1.54) is 10.8 Å². The van der Waals surface area contributed by atoms with E-state index < -0.39 is 0 Å². The lowest BCUT2D eigenvalue weighted by Crippen LogP contribution is -1.71. The van der Waals surface area contributed by atoms with Gasteiger partial charge in [0.05, 0.1) is 0 Å². The van der Waals surface area contributed by atoms with Gasteiger partial charge in [0.1, 0.15) is 4.64 Å². The van der Waals surface area contributed by atoms with Crippen molar-refractivity contribution in [1.29, 1.82) is 0 Å². The minimum atomic E-state index is 0.751. The standard InChI is InChI=1S/C5H5NS3/c7-5-2-1-4(9-8)3-6-5/h1-3,8H,(H,6,7). The molecule has 0 radical (unpaired) electrons. The van der Waals surface area contributed by atoms with Crippen LogP contribution in [0.1, 0.15) is 0 Å². The first-order valence-electron chi connectivity index (χ1n) is 2.33. The molecule has 0 atom stereocenters. The maximum absolute atomic E-state index is 4.83. The molecule has 0 fully saturated rings. The Balaban J connectivity index is 3.02. The van der Waals surface area contributed by atoms with Crippen molar-refractivity contribution in [2.45, 2.75) is 4.90 Å². The summed E-state index contributed by atoms with van der Waals surface area (Å²) < 4.78 is 0.751. The predicted molar refractivity (Wildman–Crippen MR) is 46.5 cm³/mol. The third kappa shape index (κ3) is 2.04. The SMILES string of the molecule is S=c1ccc(SS)c[nH]1. The third-order valence-electron chi connectivity index (χ3n) is 0.861. The van der Waals surface area contributed by atoms with Crippen LogP contribution < -0.4 is 0 Å². The van der Waals surface area contributed by atoms with E-state index in [9.17, 15) is 0 Å². The summed E-state index contributed by atoms with van der Waals surface area (Å²) >= 11 is 8.84. The molecule has 0 aliphatic rings. The summed E-state index contributed by atoms with van der Waals surface area (Å²) in [7, 11) is 1.39. The van der Waals surface area contributed by atoms with Crippen molar-refractivity contribution in [3.63, 3.8) is 0 Å². The van der Waals surface area contributed by atoms with Gasteiger partial charge in [-0.05, 0) is 12.1 Å². The lowest BCUT2D eigenvalue weighted by atomic mass is 10.5. The molecule has 0 saturated heterocycles. The Morgan fingerprint density at radius 2 is 2.33 bits per heavy atom. The molecule has 0 amide bonds. The molecule has 1 rings (SSSR count). The quantitative estimate of drug-likeness (QED) is 0.388. The molecule has 1 heterocycles. The number of aromatic nitrogens is 1. The maximum atomic E-state index is 4.83. The van der Waals surface area contributed by atoms with Crippen molar-refractivity contribution in [3.05, 3.63) is 23.0 Å². The van der Waals surface area contributed by atoms with Gasteiger partial charge in [-0.2, -0.15) is 0 Å². The number of aromatic amines is 1. The van der Waals surface area contributed by atoms with E-state index in [-0.39, 0.29) is 0 Å². The summed E-state index contributed by atoms with van der Waals surface area (Å²) in [5.74, 6) is 0. The largest absolute Gasteiger partial charge is 0.352 e. The Morgan fingerprint density at radius 1 is 1.56 bits per heavy atom. The molecule has 1 N–H and O–H groups in total. The smallest absolute Gasteiger partial charge is 0.103 e. The summed E-state index contributed by atoms with van der Waals surface area (Å²) in [4.78, 5) is 3.97. The normalized spacial score (nSPS) is 9.44. The number of thiol groups is 1. The van der Waals surface area contributed by atoms with Gasteiger partial charge < -0.3 is 4.98 Å². The van der Waals surface area contributed by atoms with Crippen LogP contribution in [-0.4, -0.2) is 4.98 Å². The Bertz CT molecular complexity index is 222. The van der Waals surface area contributed by atoms with Crippen LogP contribution in [0, 0.1) is 4.64 Å². The number of rotatable bonds is 1. The van der Waals surface area contributed by atoms with E-state index in [1.54, 1.807) is 0 Å². The molecule has 48 valence electrons. The zero-order chi connectivity index (χ0) is 6.69. The van der Waals surface area contributed by atoms with Gasteiger partial charge in [-0.25, -0.2) is 0 Å². The Labute approximate surface area is 67.7 Å². The minimum Gasteiger partial charge on any atom is -0.352 e. The van der Waals surface area contributed by atoms with E-state index in [0.29, 0.717) is 0 Å². The van der Waals surface area contributed by atoms with Crippen LogP contribution in [0.25, 0.3) is 0 Å². The molecule has 4 heteroatoms. The number of pyridine rings is 1. The lowest BCUT2D eigenvalue weighted by Gasteiger charge is -1.90. The highest BCUT2D eigenvalue weighted by Gasteiger charge is 1.84. The second kappa shape index (κ2) is 3.29. The van der Waals surface area contributed by atoms with Gasteiger partial charge in [0, 0.05) is 11.1 Å². The average molecular weight is 175 g/mol. The van der Waals surface area contributed by atoms with Crippen molar-refractivity contribution < 1.29 is 0 Å². The number of nitrogens with one attached hydrogen (secondary N) is 1. The molecule has 0 bridgehead atoms. The van der Waals surface area contributed by atoms with Gasteiger partial charge >= 0.3 is 0 Å². The molecule has 9 heavy (non-hydrogen) atoms. The monoisotopic (exact) mass is 175 g/mol. The molecule has 0 aliphatic heterocycles. The molecule has 1 nitrogen and oxygen atoms in total. The first-order valence-corrected chi connectivity index (χ1v) is 4.61. The molecule has 0 aliphatic carbocycles. The van der Waals surface area contributed by atoms with Gasteiger partial charge in [0.15, 0.2) is 0 Å². The van der Waals surface area contributed by atoms with Gasteiger partial charge in [-0.1, -0.05) is 23.0 Å². The van der Waals surface area contributed by atoms with Gasteiger partial charge in [0.25, 0.3) is 0 Å². The van der Waals surface area contributed by atoms with Crippen LogP contribution >= 0.6 is 34.7 Å². The average Bonchev–Trinajstić information content (AvgIpc) is 1.90. The van der Waals surface area contributed by atoms with Crippen molar-refractivity contribution >= 4 is 34.7 Å². The molecular formula is C5H5NS3. The summed E-state index contributed by atoms with van der Waals surface area (Å²) in [6, 6.07) is 3.77. The number of hydrogen-bond donors (Lipinski definition) is 2. The number of hydrogen-bond acceptors (Lipinski definition) is 3. The minimum absolute atomic E-state index is 0.751. The van der Waals surface area contributed by atoms with Gasteiger partial charge in [0.2, 0.25) is 0 Å². The van der Waals surface area contributed by atoms with Gasteiger partial charge in [-0.3, -0.25) is 0 Å². The molecule has 1 aromatic heterocycles. The molecule has 0 aromatic carbocycles. The van der Waals surface area contributed by atoms with Crippen molar-refractivity contribution in [2.75, 3.05) is 0 Å². The zero-order valence-corrected chi connectivity index (χ0v) is 7.02. The Morgan fingerprint density at radius 3 is 2.78 bits per heavy atom. The summed E-state index contributed by atoms with van der Waals surface area (Å²) in [6.45, 7) is 0. The van der Waals surface area contributed by atoms with Crippen LogP contribution in [0.15, 0.2) is 23.2 Å². The van der Waals surface area contributed by atoms with Crippen molar-refractivity contribution in [1.82, 2.24) is 4.98 Å². The molecule has 0 spiro atoms. The fraction of sp³-hybridized carbons (Fsp3) is 0. The van der Waals surface area contributed by atoms with Crippen LogP contribution in [0.5, 0.6) is 0 Å². The maximum Gasteiger partial charge on any atom is 0.103 e. The highest BCUT2D eigenvalue weighted by atomic mass is 33.1. The predicted octanol–water partition coefficient (Wildman–Crippen LogP) is 2.68. The fourth-order valence-corrected chi connectivity index (χ4v) is 1.16. The van der Waals surface area contributed by atoms with Crippen LogP contribution in [0.3, 0.4) is 0 Å². The third-order valence-corrected chi connectivity index (χ3v) is 2.21. The van der Waals surface area contributed by atoms with E-state index in [2.05, 4.69) is 16.6 Å². The summed E-state index contributed by atoms with van der Waals surface area (Å²) in [6.07, 6.45) is 1.83. The Hall–Kier alpha value is 0.0700. The number of H-pyrrole nitrogens is 1. The molecule has 0 unspecified atom stereocenters. The van der Waals surface area contributed by atoms with E-state index in [4.69, 9.17) is 12.2 Å². The van der Waals surface area contributed by atoms with Crippen LogP contribution in [0.4, 0.5) is 0 Å².